The SMILES string of the molecule is CCOC(=O)C1=C(C)NC2=C(C(=O)CCC2)C1c1ccc(OC)c(COc2cccc(C(F)(F)F)c2)c1. The van der Waals surface area contributed by atoms with E-state index < -0.39 is 23.6 Å². The molecule has 6 nitrogen and oxygen atoms in total. The van der Waals surface area contributed by atoms with E-state index in [0.717, 1.165) is 24.3 Å². The molecule has 0 bridgehead atoms. The molecule has 0 spiro atoms. The fourth-order valence-electron chi connectivity index (χ4n) is 4.81. The Hall–Kier alpha value is -3.75. The molecule has 0 radical (unpaired) electrons. The summed E-state index contributed by atoms with van der Waals surface area (Å²) < 4.78 is 55.8. The van der Waals surface area contributed by atoms with Crippen LogP contribution < -0.4 is 14.8 Å². The van der Waals surface area contributed by atoms with Crippen LogP contribution in [0.4, 0.5) is 13.2 Å². The molecule has 2 aromatic rings. The maximum absolute atomic E-state index is 13.1. The fourth-order valence-corrected chi connectivity index (χ4v) is 4.81. The monoisotopic (exact) mass is 515 g/mol. The highest BCUT2D eigenvalue weighted by atomic mass is 19.4. The van der Waals surface area contributed by atoms with Crippen LogP contribution in [0, 0.1) is 0 Å². The number of methoxy groups -OCH3 is 1. The number of ether oxygens (including phenoxy) is 3. The number of rotatable bonds is 7. The zero-order valence-electron chi connectivity index (χ0n) is 20.8. The van der Waals surface area contributed by atoms with Crippen molar-refractivity contribution in [3.05, 3.63) is 81.7 Å². The fraction of sp³-hybridized carbons (Fsp3) is 0.357. The van der Waals surface area contributed by atoms with Gasteiger partial charge in [-0.05, 0) is 62.6 Å². The van der Waals surface area contributed by atoms with Gasteiger partial charge in [0, 0.05) is 34.9 Å². The van der Waals surface area contributed by atoms with Crippen molar-refractivity contribution < 1.29 is 37.0 Å². The van der Waals surface area contributed by atoms with Gasteiger partial charge in [-0.1, -0.05) is 12.1 Å². The molecule has 1 aliphatic carbocycles. The Morgan fingerprint density at radius 2 is 1.92 bits per heavy atom. The zero-order valence-corrected chi connectivity index (χ0v) is 20.8. The second-order valence-corrected chi connectivity index (χ2v) is 8.87. The maximum Gasteiger partial charge on any atom is 0.416 e. The van der Waals surface area contributed by atoms with Crippen LogP contribution in [0.15, 0.2) is 65.0 Å². The van der Waals surface area contributed by atoms with Crippen LogP contribution in [0.3, 0.4) is 0 Å². The zero-order chi connectivity index (χ0) is 26.7. The third-order valence-electron chi connectivity index (χ3n) is 6.46. The number of Topliss-reactive ketones (excluding diaryl/α,β-unsaturated/α-hetero) is 1. The van der Waals surface area contributed by atoms with E-state index in [0.29, 0.717) is 46.6 Å². The summed E-state index contributed by atoms with van der Waals surface area (Å²) in [4.78, 5) is 26.1. The second-order valence-electron chi connectivity index (χ2n) is 8.87. The number of nitrogens with one attached hydrogen (secondary N) is 1. The number of benzene rings is 2. The molecule has 1 unspecified atom stereocenters. The van der Waals surface area contributed by atoms with E-state index in [1.165, 1.54) is 19.2 Å². The first kappa shape index (κ1) is 26.3. The van der Waals surface area contributed by atoms with E-state index in [2.05, 4.69) is 5.32 Å². The summed E-state index contributed by atoms with van der Waals surface area (Å²) in [5.41, 5.74) is 2.71. The molecule has 0 saturated heterocycles. The molecule has 1 aliphatic heterocycles. The minimum Gasteiger partial charge on any atom is -0.496 e. The first-order chi connectivity index (χ1) is 17.6. The molecular formula is C28H28F3NO5. The van der Waals surface area contributed by atoms with Crippen LogP contribution in [0.5, 0.6) is 11.5 Å². The summed E-state index contributed by atoms with van der Waals surface area (Å²) in [5, 5.41) is 3.24. The van der Waals surface area contributed by atoms with Crippen molar-refractivity contribution in [2.45, 2.75) is 51.8 Å². The van der Waals surface area contributed by atoms with Gasteiger partial charge in [-0.15, -0.1) is 0 Å². The number of allylic oxidation sites excluding steroid dienone is 3. The normalized spacial score (nSPS) is 17.8. The number of dihydropyridines is 1. The van der Waals surface area contributed by atoms with Crippen molar-refractivity contribution in [1.29, 1.82) is 0 Å². The van der Waals surface area contributed by atoms with Gasteiger partial charge in [-0.2, -0.15) is 13.2 Å². The van der Waals surface area contributed by atoms with Crippen LogP contribution in [-0.4, -0.2) is 25.5 Å². The summed E-state index contributed by atoms with van der Waals surface area (Å²) in [6.07, 6.45) is -2.70. The predicted octanol–water partition coefficient (Wildman–Crippen LogP) is 5.82. The molecule has 9 heteroatoms. The molecule has 0 fully saturated rings. The number of alkyl halides is 3. The summed E-state index contributed by atoms with van der Waals surface area (Å²) in [7, 11) is 1.48. The number of hydrogen-bond donors (Lipinski definition) is 1. The maximum atomic E-state index is 13.1. The predicted molar refractivity (Wildman–Crippen MR) is 130 cm³/mol. The lowest BCUT2D eigenvalue weighted by Gasteiger charge is -2.34. The van der Waals surface area contributed by atoms with E-state index in [1.807, 2.05) is 0 Å². The summed E-state index contributed by atoms with van der Waals surface area (Å²) in [6.45, 7) is 3.59. The number of ketones is 1. The van der Waals surface area contributed by atoms with Gasteiger partial charge < -0.3 is 19.5 Å². The summed E-state index contributed by atoms with van der Waals surface area (Å²) >= 11 is 0. The molecule has 0 amide bonds. The second kappa shape index (κ2) is 10.7. The van der Waals surface area contributed by atoms with Crippen molar-refractivity contribution in [3.8, 4) is 11.5 Å². The standard InChI is InChI=1S/C28H28F3NO5/c1-4-36-27(34)24-16(2)32-21-9-6-10-22(33)26(21)25(24)17-11-12-23(35-3)18(13-17)15-37-20-8-5-7-19(14-20)28(29,30)31/h5,7-8,11-14,25,32H,4,6,9-10,15H2,1-3H3. The van der Waals surface area contributed by atoms with Crippen molar-refractivity contribution in [2.75, 3.05) is 13.7 Å². The average molecular weight is 516 g/mol. The van der Waals surface area contributed by atoms with Crippen molar-refractivity contribution >= 4 is 11.8 Å². The summed E-state index contributed by atoms with van der Waals surface area (Å²) in [5.74, 6) is -0.682. The highest BCUT2D eigenvalue weighted by Gasteiger charge is 2.39. The highest BCUT2D eigenvalue weighted by molar-refractivity contribution is 6.03. The molecule has 1 N–H and O–H groups in total. The molecule has 2 aromatic carbocycles. The van der Waals surface area contributed by atoms with E-state index in [1.54, 1.807) is 32.0 Å². The Kier molecular flexibility index (Phi) is 7.61. The van der Waals surface area contributed by atoms with Crippen LogP contribution >= 0.6 is 0 Å². The molecule has 0 aromatic heterocycles. The smallest absolute Gasteiger partial charge is 0.416 e. The molecule has 4 rings (SSSR count). The van der Waals surface area contributed by atoms with E-state index in [-0.39, 0.29) is 24.7 Å². The molecular weight excluding hydrogens is 487 g/mol. The van der Waals surface area contributed by atoms with Crippen LogP contribution in [-0.2, 0) is 27.1 Å². The summed E-state index contributed by atoms with van der Waals surface area (Å²) in [6, 6.07) is 9.88. The third-order valence-corrected chi connectivity index (χ3v) is 6.46. The van der Waals surface area contributed by atoms with Crippen LogP contribution in [0.25, 0.3) is 0 Å². The Morgan fingerprint density at radius 3 is 2.62 bits per heavy atom. The van der Waals surface area contributed by atoms with Crippen molar-refractivity contribution in [1.82, 2.24) is 5.32 Å². The quantitative estimate of drug-likeness (QED) is 0.468. The largest absolute Gasteiger partial charge is 0.496 e. The van der Waals surface area contributed by atoms with Gasteiger partial charge in [0.15, 0.2) is 5.78 Å². The molecule has 196 valence electrons. The molecule has 1 atom stereocenters. The van der Waals surface area contributed by atoms with E-state index >= 15 is 0 Å². The molecule has 0 saturated carbocycles. The van der Waals surface area contributed by atoms with E-state index in [4.69, 9.17) is 14.2 Å². The molecule has 2 aliphatic rings. The lowest BCUT2D eigenvalue weighted by molar-refractivity contribution is -0.139. The Morgan fingerprint density at radius 1 is 1.14 bits per heavy atom. The van der Waals surface area contributed by atoms with Gasteiger partial charge in [0.1, 0.15) is 18.1 Å². The Balaban J connectivity index is 1.73. The van der Waals surface area contributed by atoms with Crippen molar-refractivity contribution in [3.63, 3.8) is 0 Å². The average Bonchev–Trinajstić information content (AvgIpc) is 2.86. The Labute approximate surface area is 213 Å². The van der Waals surface area contributed by atoms with Crippen LogP contribution in [0.1, 0.15) is 55.7 Å². The third kappa shape index (κ3) is 5.50. The minimum atomic E-state index is -4.49. The first-order valence-electron chi connectivity index (χ1n) is 12.0. The lowest BCUT2D eigenvalue weighted by Crippen LogP contribution is -2.34. The number of carbonyl (C=O) groups is 2. The number of carbonyl (C=O) groups excluding carboxylic acids is 2. The van der Waals surface area contributed by atoms with E-state index in [9.17, 15) is 22.8 Å². The number of esters is 1. The number of hydrogen-bond acceptors (Lipinski definition) is 6. The number of halogens is 3. The highest BCUT2D eigenvalue weighted by Crippen LogP contribution is 2.43. The Bertz CT molecular complexity index is 1280. The van der Waals surface area contributed by atoms with Gasteiger partial charge in [0.05, 0.1) is 24.9 Å². The topological polar surface area (TPSA) is 73.9 Å². The van der Waals surface area contributed by atoms with Crippen molar-refractivity contribution in [2.24, 2.45) is 0 Å². The first-order valence-corrected chi connectivity index (χ1v) is 12.0. The van der Waals surface area contributed by atoms with Gasteiger partial charge in [-0.3, -0.25) is 4.79 Å². The van der Waals surface area contributed by atoms with Crippen LogP contribution in [0.2, 0.25) is 0 Å². The van der Waals surface area contributed by atoms with Gasteiger partial charge >= 0.3 is 12.1 Å². The lowest BCUT2D eigenvalue weighted by atomic mass is 9.75. The molecule has 1 heterocycles. The van der Waals surface area contributed by atoms with Gasteiger partial charge in [-0.25, -0.2) is 4.79 Å². The van der Waals surface area contributed by atoms with Gasteiger partial charge in [0.2, 0.25) is 0 Å². The molecule has 37 heavy (non-hydrogen) atoms. The minimum absolute atomic E-state index is 0.0365. The van der Waals surface area contributed by atoms with Gasteiger partial charge in [0.25, 0.3) is 0 Å².